The van der Waals surface area contributed by atoms with Crippen LogP contribution in [-0.2, 0) is 16.9 Å². The maximum atomic E-state index is 6.18. The van der Waals surface area contributed by atoms with Crippen molar-refractivity contribution in [1.29, 1.82) is 0 Å². The van der Waals surface area contributed by atoms with E-state index >= 15 is 0 Å². The molecule has 3 nitrogen and oxygen atoms in total. The molecule has 1 aliphatic carbocycles. The zero-order valence-corrected chi connectivity index (χ0v) is 13.0. The van der Waals surface area contributed by atoms with Crippen molar-refractivity contribution in [3.8, 4) is 0 Å². The second-order valence-electron chi connectivity index (χ2n) is 5.25. The molecule has 1 heterocycles. The van der Waals surface area contributed by atoms with Gasteiger partial charge in [0.25, 0.3) is 0 Å². The third-order valence-corrected chi connectivity index (χ3v) is 5.01. The molecule has 19 heavy (non-hydrogen) atoms. The first kappa shape index (κ1) is 14.9. The van der Waals surface area contributed by atoms with Gasteiger partial charge in [-0.3, -0.25) is 0 Å². The van der Waals surface area contributed by atoms with Crippen LogP contribution < -0.4 is 5.32 Å². The lowest BCUT2D eigenvalue weighted by Gasteiger charge is -2.30. The zero-order chi connectivity index (χ0) is 13.6. The second kappa shape index (κ2) is 7.36. The van der Waals surface area contributed by atoms with E-state index in [1.54, 1.807) is 0 Å². The largest absolute Gasteiger partial charge is 0.368 e. The van der Waals surface area contributed by atoms with E-state index in [1.165, 1.54) is 35.6 Å². The van der Waals surface area contributed by atoms with E-state index in [1.807, 2.05) is 17.5 Å². The van der Waals surface area contributed by atoms with Crippen molar-refractivity contribution in [3.05, 3.63) is 16.1 Å². The number of ether oxygens (including phenoxy) is 1. The molecule has 4 heteroatoms. The van der Waals surface area contributed by atoms with Crippen molar-refractivity contribution in [3.63, 3.8) is 0 Å². The Morgan fingerprint density at radius 1 is 1.26 bits per heavy atom. The molecular weight excluding hydrogens is 256 g/mol. The average Bonchev–Trinajstić information content (AvgIpc) is 2.77. The van der Waals surface area contributed by atoms with E-state index in [2.05, 4.69) is 24.1 Å². The molecule has 108 valence electrons. The summed E-state index contributed by atoms with van der Waals surface area (Å²) in [6.07, 6.45) is 9.50. The van der Waals surface area contributed by atoms with Crippen molar-refractivity contribution in [2.45, 2.75) is 64.5 Å². The maximum Gasteiger partial charge on any atom is 0.125 e. The molecule has 1 saturated carbocycles. The van der Waals surface area contributed by atoms with Crippen molar-refractivity contribution in [2.75, 3.05) is 13.2 Å². The molecule has 0 atom stereocenters. The van der Waals surface area contributed by atoms with Gasteiger partial charge in [-0.2, -0.15) is 0 Å². The van der Waals surface area contributed by atoms with Crippen molar-refractivity contribution < 1.29 is 4.74 Å². The molecule has 1 aromatic rings. The highest BCUT2D eigenvalue weighted by atomic mass is 32.1. The number of aromatic nitrogens is 1. The Hall–Kier alpha value is -0.450. The van der Waals surface area contributed by atoms with Crippen LogP contribution in [0.4, 0.5) is 0 Å². The predicted octanol–water partition coefficient (Wildman–Crippen LogP) is 3.84. The SMILES string of the molecule is CCNCc1cnc(C2(OCC)CCCCCC2)s1. The molecule has 1 fully saturated rings. The highest BCUT2D eigenvalue weighted by molar-refractivity contribution is 7.11. The summed E-state index contributed by atoms with van der Waals surface area (Å²) in [5.74, 6) is 0. The van der Waals surface area contributed by atoms with Gasteiger partial charge in [-0.05, 0) is 26.3 Å². The molecule has 0 bridgehead atoms. The van der Waals surface area contributed by atoms with Gasteiger partial charge in [0.1, 0.15) is 10.6 Å². The molecule has 0 aliphatic heterocycles. The van der Waals surface area contributed by atoms with Crippen LogP contribution in [0.25, 0.3) is 0 Å². The lowest BCUT2D eigenvalue weighted by atomic mass is 9.95. The molecular formula is C15H26N2OS. The Morgan fingerprint density at radius 3 is 2.63 bits per heavy atom. The Labute approximate surface area is 120 Å². The lowest BCUT2D eigenvalue weighted by molar-refractivity contribution is -0.0559. The third-order valence-electron chi connectivity index (χ3n) is 3.82. The van der Waals surface area contributed by atoms with Crippen LogP contribution >= 0.6 is 11.3 Å². The van der Waals surface area contributed by atoms with Crippen LogP contribution in [0.5, 0.6) is 0 Å². The van der Waals surface area contributed by atoms with Crippen LogP contribution in [-0.4, -0.2) is 18.1 Å². The minimum Gasteiger partial charge on any atom is -0.368 e. The summed E-state index contributed by atoms with van der Waals surface area (Å²) in [6.45, 7) is 6.94. The van der Waals surface area contributed by atoms with Crippen LogP contribution in [0, 0.1) is 0 Å². The molecule has 0 spiro atoms. The van der Waals surface area contributed by atoms with Gasteiger partial charge in [0.2, 0.25) is 0 Å². The summed E-state index contributed by atoms with van der Waals surface area (Å²) in [7, 11) is 0. The van der Waals surface area contributed by atoms with Crippen molar-refractivity contribution in [2.24, 2.45) is 0 Å². The molecule has 1 aliphatic rings. The van der Waals surface area contributed by atoms with Crippen LogP contribution in [0.3, 0.4) is 0 Å². The van der Waals surface area contributed by atoms with Crippen molar-refractivity contribution >= 4 is 11.3 Å². The average molecular weight is 282 g/mol. The highest BCUT2D eigenvalue weighted by Gasteiger charge is 2.36. The van der Waals surface area contributed by atoms with Crippen molar-refractivity contribution in [1.82, 2.24) is 10.3 Å². The lowest BCUT2D eigenvalue weighted by Crippen LogP contribution is -2.29. The van der Waals surface area contributed by atoms with Gasteiger partial charge in [-0.15, -0.1) is 11.3 Å². The van der Waals surface area contributed by atoms with Crippen LogP contribution in [0.15, 0.2) is 6.20 Å². The summed E-state index contributed by atoms with van der Waals surface area (Å²) in [4.78, 5) is 6.00. The van der Waals surface area contributed by atoms with E-state index in [0.717, 1.165) is 32.5 Å². The number of nitrogens with zero attached hydrogens (tertiary/aromatic N) is 1. The minimum absolute atomic E-state index is 0.0968. The summed E-state index contributed by atoms with van der Waals surface area (Å²) in [6, 6.07) is 0. The number of rotatable bonds is 6. The highest BCUT2D eigenvalue weighted by Crippen LogP contribution is 2.41. The smallest absolute Gasteiger partial charge is 0.125 e. The van der Waals surface area contributed by atoms with Gasteiger partial charge < -0.3 is 10.1 Å². The van der Waals surface area contributed by atoms with Gasteiger partial charge in [-0.1, -0.05) is 32.6 Å². The van der Waals surface area contributed by atoms with E-state index in [9.17, 15) is 0 Å². The molecule has 1 N–H and O–H groups in total. The van der Waals surface area contributed by atoms with E-state index in [-0.39, 0.29) is 5.60 Å². The summed E-state index contributed by atoms with van der Waals surface area (Å²) >= 11 is 1.83. The first-order valence-corrected chi connectivity index (χ1v) is 8.42. The number of hydrogen-bond acceptors (Lipinski definition) is 4. The topological polar surface area (TPSA) is 34.2 Å². The standard InChI is InChI=1S/C15H26N2OS/c1-3-16-11-13-12-17-14(19-13)15(18-4-2)9-7-5-6-8-10-15/h12,16H,3-11H2,1-2H3. The fraction of sp³-hybridized carbons (Fsp3) is 0.800. The van der Waals surface area contributed by atoms with E-state index in [0.29, 0.717) is 0 Å². The van der Waals surface area contributed by atoms with Gasteiger partial charge in [0, 0.05) is 24.2 Å². The Balaban J connectivity index is 2.14. The van der Waals surface area contributed by atoms with Gasteiger partial charge in [0.15, 0.2) is 0 Å². The first-order chi connectivity index (χ1) is 9.30. The van der Waals surface area contributed by atoms with E-state index < -0.39 is 0 Å². The van der Waals surface area contributed by atoms with Gasteiger partial charge in [0.05, 0.1) is 0 Å². The zero-order valence-electron chi connectivity index (χ0n) is 12.2. The summed E-state index contributed by atoms with van der Waals surface area (Å²) in [5, 5.41) is 4.57. The predicted molar refractivity (Wildman–Crippen MR) is 80.5 cm³/mol. The molecule has 1 aromatic heterocycles. The fourth-order valence-electron chi connectivity index (χ4n) is 2.84. The monoisotopic (exact) mass is 282 g/mol. The first-order valence-electron chi connectivity index (χ1n) is 7.60. The van der Waals surface area contributed by atoms with Crippen LogP contribution in [0.1, 0.15) is 62.3 Å². The Bertz CT molecular complexity index is 370. The van der Waals surface area contributed by atoms with Gasteiger partial charge >= 0.3 is 0 Å². The quantitative estimate of drug-likeness (QED) is 0.805. The second-order valence-corrected chi connectivity index (χ2v) is 6.37. The molecule has 0 amide bonds. The normalized spacial score (nSPS) is 19.3. The molecule has 0 aromatic carbocycles. The summed E-state index contributed by atoms with van der Waals surface area (Å²) in [5.41, 5.74) is -0.0968. The Morgan fingerprint density at radius 2 is 2.00 bits per heavy atom. The van der Waals surface area contributed by atoms with E-state index in [4.69, 9.17) is 4.74 Å². The molecule has 0 saturated heterocycles. The number of hydrogen-bond donors (Lipinski definition) is 1. The summed E-state index contributed by atoms with van der Waals surface area (Å²) < 4.78 is 6.18. The fourth-order valence-corrected chi connectivity index (χ4v) is 3.93. The molecule has 0 radical (unpaired) electrons. The third kappa shape index (κ3) is 3.77. The van der Waals surface area contributed by atoms with Crippen LogP contribution in [0.2, 0.25) is 0 Å². The number of nitrogens with one attached hydrogen (secondary N) is 1. The van der Waals surface area contributed by atoms with Gasteiger partial charge in [-0.25, -0.2) is 4.98 Å². The maximum absolute atomic E-state index is 6.18. The molecule has 2 rings (SSSR count). The minimum atomic E-state index is -0.0968. The molecule has 0 unspecified atom stereocenters. The number of thiazole rings is 1. The Kier molecular flexibility index (Phi) is 5.79.